The summed E-state index contributed by atoms with van der Waals surface area (Å²) in [6, 6.07) is 27.3. The zero-order valence-electron chi connectivity index (χ0n) is 20.6. The minimum absolute atomic E-state index is 0.304. The van der Waals surface area contributed by atoms with Crippen molar-refractivity contribution in [1.29, 1.82) is 0 Å². The molecular formula is C30H32N2O3S. The van der Waals surface area contributed by atoms with Crippen LogP contribution in [0.5, 0.6) is 11.5 Å². The Morgan fingerprint density at radius 1 is 0.833 bits per heavy atom. The van der Waals surface area contributed by atoms with Gasteiger partial charge in [0.15, 0.2) is 9.84 Å². The molecule has 0 spiro atoms. The van der Waals surface area contributed by atoms with Crippen LogP contribution in [0, 0.1) is 0 Å². The molecule has 0 bridgehead atoms. The molecule has 36 heavy (non-hydrogen) atoms. The Balaban J connectivity index is 1.37. The van der Waals surface area contributed by atoms with Crippen LogP contribution in [0.25, 0.3) is 21.9 Å². The lowest BCUT2D eigenvalue weighted by Gasteiger charge is -2.26. The highest BCUT2D eigenvalue weighted by Gasteiger charge is 2.14. The van der Waals surface area contributed by atoms with Crippen molar-refractivity contribution in [2.75, 3.05) is 37.8 Å². The summed E-state index contributed by atoms with van der Waals surface area (Å²) in [4.78, 5) is 2.83. The second-order valence-corrected chi connectivity index (χ2v) is 11.4. The van der Waals surface area contributed by atoms with Crippen molar-refractivity contribution in [3.8, 4) is 22.6 Å². The van der Waals surface area contributed by atoms with Gasteiger partial charge in [0.2, 0.25) is 0 Å². The maximum atomic E-state index is 11.9. The van der Waals surface area contributed by atoms with E-state index in [-0.39, 0.29) is 0 Å². The summed E-state index contributed by atoms with van der Waals surface area (Å²) in [5.74, 6) is 1.51. The van der Waals surface area contributed by atoms with Crippen LogP contribution in [-0.2, 0) is 9.84 Å². The largest absolute Gasteiger partial charge is 0.456 e. The standard InChI is InChI=1S/C30H32N2O3S/c1-36(33,34)27-16-9-24(10-17-27)29-18-11-23-7-3-4-8-28(23)30(29)35-26-14-12-25(13-15-26)31-19-22-32-20-5-2-6-21-32/h3-4,7-18,31H,2,5-6,19-22H2,1H3. The fourth-order valence-corrected chi connectivity index (χ4v) is 5.39. The Bertz CT molecular complexity index is 1430. The molecule has 1 fully saturated rings. The van der Waals surface area contributed by atoms with Gasteiger partial charge in [0.05, 0.1) is 4.90 Å². The van der Waals surface area contributed by atoms with Gasteiger partial charge in [-0.1, -0.05) is 48.9 Å². The van der Waals surface area contributed by atoms with Gasteiger partial charge in [0.25, 0.3) is 0 Å². The number of rotatable bonds is 8. The molecule has 5 nitrogen and oxygen atoms in total. The molecule has 0 aromatic heterocycles. The molecule has 5 rings (SSSR count). The number of nitrogens with one attached hydrogen (secondary N) is 1. The first-order chi connectivity index (χ1) is 17.5. The third-order valence-corrected chi connectivity index (χ3v) is 7.88. The molecule has 1 aliphatic heterocycles. The Labute approximate surface area is 213 Å². The number of piperidine rings is 1. The van der Waals surface area contributed by atoms with Crippen molar-refractivity contribution in [3.63, 3.8) is 0 Å². The van der Waals surface area contributed by atoms with Gasteiger partial charge < -0.3 is 15.0 Å². The summed E-state index contributed by atoms with van der Waals surface area (Å²) >= 11 is 0. The minimum atomic E-state index is -3.25. The summed E-state index contributed by atoms with van der Waals surface area (Å²) in [5.41, 5.74) is 2.89. The van der Waals surface area contributed by atoms with Crippen LogP contribution in [0.3, 0.4) is 0 Å². The van der Waals surface area contributed by atoms with E-state index in [2.05, 4.69) is 40.5 Å². The highest BCUT2D eigenvalue weighted by atomic mass is 32.2. The van der Waals surface area contributed by atoms with Gasteiger partial charge in [0.1, 0.15) is 11.5 Å². The third kappa shape index (κ3) is 5.72. The van der Waals surface area contributed by atoms with Crippen molar-refractivity contribution in [1.82, 2.24) is 4.90 Å². The van der Waals surface area contributed by atoms with E-state index in [0.29, 0.717) is 4.90 Å². The Hall–Kier alpha value is -3.35. The first kappa shape index (κ1) is 24.3. The SMILES string of the molecule is CS(=O)(=O)c1ccc(-c2ccc3ccccc3c2Oc2ccc(NCCN3CCCCC3)cc2)cc1. The van der Waals surface area contributed by atoms with E-state index < -0.39 is 9.84 Å². The number of fused-ring (bicyclic) bond motifs is 1. The van der Waals surface area contributed by atoms with Crippen molar-refractivity contribution < 1.29 is 13.2 Å². The van der Waals surface area contributed by atoms with Gasteiger partial charge in [-0.05, 0) is 79.3 Å². The maximum absolute atomic E-state index is 11.9. The second kappa shape index (κ2) is 10.7. The molecule has 1 saturated heterocycles. The molecule has 4 aromatic rings. The molecule has 0 unspecified atom stereocenters. The van der Waals surface area contributed by atoms with Crippen molar-refractivity contribution >= 4 is 26.3 Å². The normalized spacial score (nSPS) is 14.6. The number of hydrogen-bond acceptors (Lipinski definition) is 5. The van der Waals surface area contributed by atoms with Crippen LogP contribution in [-0.4, -0.2) is 45.8 Å². The van der Waals surface area contributed by atoms with Gasteiger partial charge in [-0.3, -0.25) is 0 Å². The van der Waals surface area contributed by atoms with Crippen molar-refractivity contribution in [3.05, 3.63) is 84.9 Å². The molecule has 0 saturated carbocycles. The first-order valence-corrected chi connectivity index (χ1v) is 14.4. The van der Waals surface area contributed by atoms with Crippen LogP contribution in [0.4, 0.5) is 5.69 Å². The van der Waals surface area contributed by atoms with Crippen LogP contribution < -0.4 is 10.1 Å². The number of hydrogen-bond donors (Lipinski definition) is 1. The minimum Gasteiger partial charge on any atom is -0.456 e. The second-order valence-electron chi connectivity index (χ2n) is 9.42. The summed E-state index contributed by atoms with van der Waals surface area (Å²) in [6.07, 6.45) is 5.20. The Morgan fingerprint density at radius 2 is 1.56 bits per heavy atom. The van der Waals surface area contributed by atoms with Crippen LogP contribution >= 0.6 is 0 Å². The molecule has 1 N–H and O–H groups in total. The summed E-state index contributed by atoms with van der Waals surface area (Å²) in [5, 5.41) is 5.61. The average molecular weight is 501 g/mol. The fourth-order valence-electron chi connectivity index (χ4n) is 4.76. The number of benzene rings is 4. The molecule has 0 aliphatic carbocycles. The molecule has 0 atom stereocenters. The lowest BCUT2D eigenvalue weighted by molar-refractivity contribution is 0.237. The molecule has 4 aromatic carbocycles. The fraction of sp³-hybridized carbons (Fsp3) is 0.267. The van der Waals surface area contributed by atoms with E-state index in [1.165, 1.54) is 38.6 Å². The van der Waals surface area contributed by atoms with E-state index in [0.717, 1.165) is 52.2 Å². The van der Waals surface area contributed by atoms with Gasteiger partial charge in [-0.15, -0.1) is 0 Å². The van der Waals surface area contributed by atoms with E-state index in [4.69, 9.17) is 4.74 Å². The predicted octanol–water partition coefficient (Wildman–Crippen LogP) is 6.60. The number of likely N-dealkylation sites (tertiary alicyclic amines) is 1. The van der Waals surface area contributed by atoms with E-state index in [1.807, 2.05) is 42.5 Å². The average Bonchev–Trinajstić information content (AvgIpc) is 2.90. The van der Waals surface area contributed by atoms with Gasteiger partial charge >= 0.3 is 0 Å². The third-order valence-electron chi connectivity index (χ3n) is 6.75. The molecule has 0 amide bonds. The molecular weight excluding hydrogens is 468 g/mol. The quantitative estimate of drug-likeness (QED) is 0.295. The number of nitrogens with zero attached hydrogens (tertiary/aromatic N) is 1. The number of sulfone groups is 1. The topological polar surface area (TPSA) is 58.6 Å². The zero-order chi connectivity index (χ0) is 25.0. The monoisotopic (exact) mass is 500 g/mol. The van der Waals surface area contributed by atoms with Crippen molar-refractivity contribution in [2.24, 2.45) is 0 Å². The Kier molecular flexibility index (Phi) is 7.25. The summed E-state index contributed by atoms with van der Waals surface area (Å²) in [7, 11) is -3.25. The first-order valence-electron chi connectivity index (χ1n) is 12.5. The van der Waals surface area contributed by atoms with E-state index in [9.17, 15) is 8.42 Å². The van der Waals surface area contributed by atoms with Gasteiger partial charge in [-0.2, -0.15) is 0 Å². The maximum Gasteiger partial charge on any atom is 0.175 e. The highest BCUT2D eigenvalue weighted by Crippen LogP contribution is 2.40. The molecule has 0 radical (unpaired) electrons. The van der Waals surface area contributed by atoms with E-state index >= 15 is 0 Å². The van der Waals surface area contributed by atoms with Crippen LogP contribution in [0.1, 0.15) is 19.3 Å². The Morgan fingerprint density at radius 3 is 2.28 bits per heavy atom. The lowest BCUT2D eigenvalue weighted by atomic mass is 9.99. The zero-order valence-corrected chi connectivity index (χ0v) is 21.4. The van der Waals surface area contributed by atoms with Crippen LogP contribution in [0.15, 0.2) is 89.8 Å². The molecule has 1 heterocycles. The predicted molar refractivity (Wildman–Crippen MR) is 148 cm³/mol. The van der Waals surface area contributed by atoms with Gasteiger partial charge in [-0.25, -0.2) is 8.42 Å². The molecule has 1 aliphatic rings. The summed E-state index contributed by atoms with van der Waals surface area (Å²) in [6.45, 7) is 4.41. The number of anilines is 1. The summed E-state index contributed by atoms with van der Waals surface area (Å²) < 4.78 is 30.3. The van der Waals surface area contributed by atoms with Gasteiger partial charge in [0, 0.05) is 36.0 Å². The van der Waals surface area contributed by atoms with Crippen LogP contribution in [0.2, 0.25) is 0 Å². The lowest BCUT2D eigenvalue weighted by Crippen LogP contribution is -2.33. The molecule has 6 heteroatoms. The van der Waals surface area contributed by atoms with Crippen molar-refractivity contribution in [2.45, 2.75) is 24.2 Å². The highest BCUT2D eigenvalue weighted by molar-refractivity contribution is 7.90. The molecule has 186 valence electrons. The van der Waals surface area contributed by atoms with E-state index in [1.54, 1.807) is 12.1 Å². The smallest absolute Gasteiger partial charge is 0.175 e. The number of ether oxygens (including phenoxy) is 1.